The van der Waals surface area contributed by atoms with Crippen LogP contribution in [0.1, 0.15) is 23.8 Å². The first-order valence-corrected chi connectivity index (χ1v) is 7.55. The fourth-order valence-corrected chi connectivity index (χ4v) is 2.86. The third kappa shape index (κ3) is 2.71. The van der Waals surface area contributed by atoms with Crippen molar-refractivity contribution in [3.8, 4) is 5.75 Å². The molecule has 4 rings (SSSR count). The minimum atomic E-state index is 0.00889. The van der Waals surface area contributed by atoms with E-state index in [0.29, 0.717) is 6.42 Å². The maximum atomic E-state index is 9.78. The molecule has 1 atom stereocenters. The van der Waals surface area contributed by atoms with Gasteiger partial charge in [0, 0.05) is 6.42 Å². The molecule has 2 N–H and O–H groups in total. The van der Waals surface area contributed by atoms with Gasteiger partial charge < -0.3 is 14.8 Å². The SMILES string of the molecule is Oc1cccc(C2CC(c3ccco3)=Nc3ccccc3N2)c1. The molecule has 0 saturated heterocycles. The Morgan fingerprint density at radius 3 is 2.78 bits per heavy atom. The van der Waals surface area contributed by atoms with Crippen LogP contribution in [0.4, 0.5) is 11.4 Å². The standard InChI is InChI=1S/C19H16N2O2/c22-14-6-3-5-13(11-14)17-12-18(19-9-4-10-23-19)21-16-8-2-1-7-15(16)20-17/h1-11,17,20,22H,12H2. The lowest BCUT2D eigenvalue weighted by Gasteiger charge is -2.19. The van der Waals surface area contributed by atoms with Gasteiger partial charge in [-0.15, -0.1) is 0 Å². The van der Waals surface area contributed by atoms with Crippen molar-refractivity contribution in [3.05, 3.63) is 78.3 Å². The third-order valence-electron chi connectivity index (χ3n) is 3.96. The number of aromatic hydroxyl groups is 1. The van der Waals surface area contributed by atoms with Gasteiger partial charge in [-0.2, -0.15) is 0 Å². The van der Waals surface area contributed by atoms with E-state index in [9.17, 15) is 5.11 Å². The molecule has 114 valence electrons. The maximum absolute atomic E-state index is 9.78. The average molecular weight is 304 g/mol. The number of para-hydroxylation sites is 2. The number of phenolic OH excluding ortho intramolecular Hbond substituents is 1. The Hall–Kier alpha value is -3.01. The predicted molar refractivity (Wildman–Crippen MR) is 90.4 cm³/mol. The zero-order chi connectivity index (χ0) is 15.6. The van der Waals surface area contributed by atoms with Crippen molar-refractivity contribution in [1.29, 1.82) is 0 Å². The van der Waals surface area contributed by atoms with E-state index in [2.05, 4.69) is 5.32 Å². The van der Waals surface area contributed by atoms with Gasteiger partial charge in [-0.3, -0.25) is 0 Å². The van der Waals surface area contributed by atoms with E-state index in [1.165, 1.54) is 0 Å². The lowest BCUT2D eigenvalue weighted by Crippen LogP contribution is -2.14. The monoisotopic (exact) mass is 304 g/mol. The Kier molecular flexibility index (Phi) is 3.35. The van der Waals surface area contributed by atoms with Crippen LogP contribution in [0.5, 0.6) is 5.75 Å². The van der Waals surface area contributed by atoms with Gasteiger partial charge in [-0.1, -0.05) is 24.3 Å². The maximum Gasteiger partial charge on any atom is 0.148 e. The predicted octanol–water partition coefficient (Wildman–Crippen LogP) is 4.66. The number of anilines is 1. The smallest absolute Gasteiger partial charge is 0.148 e. The second kappa shape index (κ2) is 5.65. The van der Waals surface area contributed by atoms with Crippen LogP contribution in [-0.4, -0.2) is 10.8 Å². The highest BCUT2D eigenvalue weighted by Gasteiger charge is 2.22. The van der Waals surface area contributed by atoms with Gasteiger partial charge in [0.15, 0.2) is 0 Å². The summed E-state index contributed by atoms with van der Waals surface area (Å²) in [6.45, 7) is 0. The summed E-state index contributed by atoms with van der Waals surface area (Å²) in [5.74, 6) is 1.03. The van der Waals surface area contributed by atoms with E-state index in [-0.39, 0.29) is 11.8 Å². The minimum Gasteiger partial charge on any atom is -0.508 e. The van der Waals surface area contributed by atoms with Gasteiger partial charge in [0.05, 0.1) is 29.4 Å². The number of fused-ring (bicyclic) bond motifs is 1. The Morgan fingerprint density at radius 1 is 1.04 bits per heavy atom. The van der Waals surface area contributed by atoms with Crippen LogP contribution in [0.25, 0.3) is 0 Å². The van der Waals surface area contributed by atoms with Gasteiger partial charge in [0.1, 0.15) is 11.5 Å². The molecule has 0 bridgehead atoms. The summed E-state index contributed by atoms with van der Waals surface area (Å²) >= 11 is 0. The van der Waals surface area contributed by atoms with E-state index >= 15 is 0 Å². The van der Waals surface area contributed by atoms with Gasteiger partial charge in [-0.25, -0.2) is 4.99 Å². The summed E-state index contributed by atoms with van der Waals surface area (Å²) in [5, 5.41) is 13.3. The van der Waals surface area contributed by atoms with Crippen molar-refractivity contribution in [2.45, 2.75) is 12.5 Å². The quantitative estimate of drug-likeness (QED) is 0.723. The third-order valence-corrected chi connectivity index (χ3v) is 3.96. The van der Waals surface area contributed by atoms with E-state index in [1.54, 1.807) is 18.4 Å². The van der Waals surface area contributed by atoms with Crippen LogP contribution < -0.4 is 5.32 Å². The van der Waals surface area contributed by atoms with Gasteiger partial charge in [-0.05, 0) is 42.0 Å². The molecule has 23 heavy (non-hydrogen) atoms. The van der Waals surface area contributed by atoms with E-state index in [1.807, 2.05) is 48.5 Å². The number of benzene rings is 2. The fourth-order valence-electron chi connectivity index (χ4n) is 2.86. The highest BCUT2D eigenvalue weighted by Crippen LogP contribution is 2.35. The van der Waals surface area contributed by atoms with Crippen molar-refractivity contribution in [2.24, 2.45) is 4.99 Å². The molecule has 1 aliphatic heterocycles. The zero-order valence-corrected chi connectivity index (χ0v) is 12.4. The lowest BCUT2D eigenvalue weighted by atomic mass is 9.99. The molecule has 0 radical (unpaired) electrons. The normalized spacial score (nSPS) is 16.9. The van der Waals surface area contributed by atoms with E-state index < -0.39 is 0 Å². The molecule has 0 saturated carbocycles. The fraction of sp³-hybridized carbons (Fsp3) is 0.105. The molecule has 0 amide bonds. The summed E-state index contributed by atoms with van der Waals surface area (Å²) in [6.07, 6.45) is 2.33. The summed E-state index contributed by atoms with van der Waals surface area (Å²) in [4.78, 5) is 4.78. The van der Waals surface area contributed by atoms with Crippen LogP contribution in [0.2, 0.25) is 0 Å². The van der Waals surface area contributed by atoms with Crippen LogP contribution >= 0.6 is 0 Å². The molecule has 2 heterocycles. The van der Waals surface area contributed by atoms with Crippen LogP contribution in [0, 0.1) is 0 Å². The van der Waals surface area contributed by atoms with Gasteiger partial charge >= 0.3 is 0 Å². The highest BCUT2D eigenvalue weighted by molar-refractivity contribution is 6.02. The number of rotatable bonds is 2. The first kappa shape index (κ1) is 13.6. The summed E-state index contributed by atoms with van der Waals surface area (Å²) in [6, 6.07) is 19.1. The number of furan rings is 1. The Balaban J connectivity index is 1.80. The van der Waals surface area contributed by atoms with Crippen molar-refractivity contribution in [3.63, 3.8) is 0 Å². The first-order valence-electron chi connectivity index (χ1n) is 7.55. The van der Waals surface area contributed by atoms with Crippen LogP contribution in [0.15, 0.2) is 76.3 Å². The molecule has 1 unspecified atom stereocenters. The van der Waals surface area contributed by atoms with Crippen molar-refractivity contribution in [1.82, 2.24) is 0 Å². The average Bonchev–Trinajstić information content (AvgIpc) is 3.02. The van der Waals surface area contributed by atoms with Crippen molar-refractivity contribution in [2.75, 3.05) is 5.32 Å². The van der Waals surface area contributed by atoms with Gasteiger partial charge in [0.25, 0.3) is 0 Å². The lowest BCUT2D eigenvalue weighted by molar-refractivity contribution is 0.474. The molecule has 0 spiro atoms. The van der Waals surface area contributed by atoms with Crippen molar-refractivity contribution >= 4 is 17.1 Å². The number of hydrogen-bond acceptors (Lipinski definition) is 4. The molecular weight excluding hydrogens is 288 g/mol. The summed E-state index contributed by atoms with van der Waals surface area (Å²) in [5.41, 5.74) is 3.77. The second-order valence-corrected chi connectivity index (χ2v) is 5.55. The van der Waals surface area contributed by atoms with E-state index in [0.717, 1.165) is 28.4 Å². The number of aliphatic imine (C=N–C) groups is 1. The first-order chi connectivity index (χ1) is 11.3. The minimum absolute atomic E-state index is 0.00889. The second-order valence-electron chi connectivity index (χ2n) is 5.55. The molecule has 0 fully saturated rings. The molecule has 3 aromatic rings. The Labute approximate surface area is 134 Å². The van der Waals surface area contributed by atoms with Crippen molar-refractivity contribution < 1.29 is 9.52 Å². The Bertz CT molecular complexity index is 853. The molecular formula is C19H16N2O2. The topological polar surface area (TPSA) is 57.8 Å². The molecule has 2 aromatic carbocycles. The van der Waals surface area contributed by atoms with Crippen LogP contribution in [-0.2, 0) is 0 Å². The van der Waals surface area contributed by atoms with Crippen LogP contribution in [0.3, 0.4) is 0 Å². The summed E-state index contributed by atoms with van der Waals surface area (Å²) in [7, 11) is 0. The number of hydrogen-bond donors (Lipinski definition) is 2. The van der Waals surface area contributed by atoms with Gasteiger partial charge in [0.2, 0.25) is 0 Å². The molecule has 4 nitrogen and oxygen atoms in total. The molecule has 4 heteroatoms. The largest absolute Gasteiger partial charge is 0.508 e. The molecule has 1 aromatic heterocycles. The molecule has 0 aliphatic carbocycles. The zero-order valence-electron chi connectivity index (χ0n) is 12.4. The molecule has 1 aliphatic rings. The number of phenols is 1. The number of nitrogens with zero attached hydrogens (tertiary/aromatic N) is 1. The van der Waals surface area contributed by atoms with E-state index in [4.69, 9.17) is 9.41 Å². The highest BCUT2D eigenvalue weighted by atomic mass is 16.3. The number of nitrogens with one attached hydrogen (secondary N) is 1. The Morgan fingerprint density at radius 2 is 1.96 bits per heavy atom. The summed E-state index contributed by atoms with van der Waals surface area (Å²) < 4.78 is 5.54.